The highest BCUT2D eigenvalue weighted by Gasteiger charge is 2.65. The fourth-order valence-corrected chi connectivity index (χ4v) is 6.52. The van der Waals surface area contributed by atoms with E-state index in [9.17, 15) is 13.2 Å². The molecule has 0 spiro atoms. The first-order valence-corrected chi connectivity index (χ1v) is 9.86. The van der Waals surface area contributed by atoms with Crippen molar-refractivity contribution in [2.75, 3.05) is 10.5 Å². The average molecular weight is 347 g/mol. The Labute approximate surface area is 141 Å². The molecule has 2 atom stereocenters. The zero-order valence-corrected chi connectivity index (χ0v) is 14.6. The third-order valence-electron chi connectivity index (χ3n) is 6.25. The maximum absolute atomic E-state index is 12.8. The van der Waals surface area contributed by atoms with Gasteiger partial charge in [-0.05, 0) is 42.4 Å². The molecule has 24 heavy (non-hydrogen) atoms. The number of sulfonamides is 1. The number of carbonyl (C=O) groups excluding carboxylic acids is 1. The van der Waals surface area contributed by atoms with Gasteiger partial charge in [-0.3, -0.25) is 9.52 Å². The molecule has 2 bridgehead atoms. The van der Waals surface area contributed by atoms with Gasteiger partial charge in [0, 0.05) is 18.8 Å². The number of pyridine rings is 1. The maximum atomic E-state index is 12.8. The van der Waals surface area contributed by atoms with Crippen LogP contribution in [0.25, 0.3) is 5.52 Å². The molecule has 2 fully saturated rings. The van der Waals surface area contributed by atoms with Gasteiger partial charge in [0.15, 0.2) is 0 Å². The molecule has 128 valence electrons. The Morgan fingerprint density at radius 1 is 1.38 bits per heavy atom. The number of carbonyl (C=O) groups is 1. The van der Waals surface area contributed by atoms with Gasteiger partial charge in [0.25, 0.3) is 0 Å². The number of nitrogens with one attached hydrogen (secondary N) is 1. The van der Waals surface area contributed by atoms with Crippen LogP contribution in [0.15, 0.2) is 30.6 Å². The molecule has 4 rings (SSSR count). The van der Waals surface area contributed by atoms with Gasteiger partial charge in [-0.15, -0.1) is 0 Å². The molecule has 2 aliphatic carbocycles. The summed E-state index contributed by atoms with van der Waals surface area (Å²) >= 11 is 0. The van der Waals surface area contributed by atoms with Crippen LogP contribution in [0.1, 0.15) is 33.1 Å². The molecule has 6 nitrogen and oxygen atoms in total. The molecule has 0 aromatic carbocycles. The number of rotatable bonds is 4. The Morgan fingerprint density at radius 2 is 2.17 bits per heavy atom. The van der Waals surface area contributed by atoms with Gasteiger partial charge >= 0.3 is 0 Å². The lowest BCUT2D eigenvalue weighted by Gasteiger charge is -2.36. The fraction of sp³-hybridized carbons (Fsp3) is 0.529. The van der Waals surface area contributed by atoms with Crippen molar-refractivity contribution in [3.05, 3.63) is 30.6 Å². The monoisotopic (exact) mass is 347 g/mol. The normalized spacial score (nSPS) is 28.6. The third-order valence-corrected chi connectivity index (χ3v) is 7.67. The summed E-state index contributed by atoms with van der Waals surface area (Å²) in [6.07, 6.45) is 5.50. The number of hydrogen-bond acceptors (Lipinski definition) is 4. The van der Waals surface area contributed by atoms with Gasteiger partial charge in [0.05, 0.1) is 22.4 Å². The predicted molar refractivity (Wildman–Crippen MR) is 91.2 cm³/mol. The SMILES string of the molecule is CC1(C)C2CCC1(CS(=O)(=O)Nc1ccn3nccc3c1)C(=O)C2. The second-order valence-corrected chi connectivity index (χ2v) is 9.37. The van der Waals surface area contributed by atoms with Gasteiger partial charge in [0.1, 0.15) is 5.78 Å². The molecule has 2 aromatic heterocycles. The fourth-order valence-electron chi connectivity index (χ4n) is 4.63. The quantitative estimate of drug-likeness (QED) is 0.921. The number of ketones is 1. The summed E-state index contributed by atoms with van der Waals surface area (Å²) in [5, 5.41) is 4.09. The lowest BCUT2D eigenvalue weighted by molar-refractivity contribution is -0.128. The molecule has 0 aliphatic heterocycles. The highest BCUT2D eigenvalue weighted by Crippen LogP contribution is 2.64. The lowest BCUT2D eigenvalue weighted by Crippen LogP contribution is -2.43. The molecule has 0 amide bonds. The predicted octanol–water partition coefficient (Wildman–Crippen LogP) is 2.47. The minimum atomic E-state index is -3.62. The van der Waals surface area contributed by atoms with Gasteiger partial charge in [0.2, 0.25) is 10.0 Å². The molecule has 2 heterocycles. The van der Waals surface area contributed by atoms with Crippen LogP contribution in [0.4, 0.5) is 5.69 Å². The Kier molecular flexibility index (Phi) is 3.13. The molecule has 0 saturated heterocycles. The molecule has 2 aliphatic rings. The molecular weight excluding hydrogens is 326 g/mol. The average Bonchev–Trinajstić information content (AvgIpc) is 3.08. The zero-order chi connectivity index (χ0) is 17.2. The number of anilines is 1. The van der Waals surface area contributed by atoms with Gasteiger partial charge in [-0.1, -0.05) is 13.8 Å². The van der Waals surface area contributed by atoms with Crippen molar-refractivity contribution in [3.8, 4) is 0 Å². The van der Waals surface area contributed by atoms with Crippen LogP contribution in [0.3, 0.4) is 0 Å². The number of fused-ring (bicyclic) bond motifs is 3. The molecule has 2 aromatic rings. The second kappa shape index (κ2) is 4.81. The summed E-state index contributed by atoms with van der Waals surface area (Å²) in [7, 11) is -3.62. The van der Waals surface area contributed by atoms with E-state index < -0.39 is 15.4 Å². The van der Waals surface area contributed by atoms with Gasteiger partial charge < -0.3 is 0 Å². The van der Waals surface area contributed by atoms with Crippen LogP contribution < -0.4 is 4.72 Å². The summed E-state index contributed by atoms with van der Waals surface area (Å²) < 4.78 is 29.8. The Morgan fingerprint density at radius 3 is 2.83 bits per heavy atom. The summed E-state index contributed by atoms with van der Waals surface area (Å²) in [6, 6.07) is 5.22. The summed E-state index contributed by atoms with van der Waals surface area (Å²) in [6.45, 7) is 4.09. The van der Waals surface area contributed by atoms with Gasteiger partial charge in [-0.25, -0.2) is 12.9 Å². The largest absolute Gasteiger partial charge is 0.299 e. The first kappa shape index (κ1) is 15.6. The van der Waals surface area contributed by atoms with Crippen LogP contribution in [0.2, 0.25) is 0 Å². The van der Waals surface area contributed by atoms with Crippen molar-refractivity contribution in [3.63, 3.8) is 0 Å². The van der Waals surface area contributed by atoms with E-state index in [0.717, 1.165) is 11.9 Å². The number of aromatic nitrogens is 2. The van der Waals surface area contributed by atoms with Crippen molar-refractivity contribution >= 4 is 27.0 Å². The van der Waals surface area contributed by atoms with E-state index in [4.69, 9.17) is 0 Å². The van der Waals surface area contributed by atoms with E-state index in [1.807, 2.05) is 19.9 Å². The van der Waals surface area contributed by atoms with Crippen molar-refractivity contribution < 1.29 is 13.2 Å². The Hall–Kier alpha value is -1.89. The van der Waals surface area contributed by atoms with E-state index >= 15 is 0 Å². The van der Waals surface area contributed by atoms with Crippen molar-refractivity contribution in [2.45, 2.75) is 33.1 Å². The highest BCUT2D eigenvalue weighted by atomic mass is 32.2. The standard InChI is InChI=1S/C17H21N3O3S/c1-16(2)12-3-6-17(16,15(21)9-12)11-24(22,23)19-13-5-8-20-14(10-13)4-7-18-20/h4-5,7-8,10,12,19H,3,6,9,11H2,1-2H3. The van der Waals surface area contributed by atoms with Crippen molar-refractivity contribution in [2.24, 2.45) is 16.7 Å². The van der Waals surface area contributed by atoms with E-state index in [0.29, 0.717) is 24.4 Å². The Bertz CT molecular complexity index is 931. The van der Waals surface area contributed by atoms with Crippen molar-refractivity contribution in [1.29, 1.82) is 0 Å². The molecule has 2 saturated carbocycles. The lowest BCUT2D eigenvalue weighted by atomic mass is 9.70. The van der Waals surface area contributed by atoms with E-state index in [-0.39, 0.29) is 17.0 Å². The Balaban J connectivity index is 1.62. The number of nitrogens with zero attached hydrogens (tertiary/aromatic N) is 2. The number of Topliss-reactive ketones (excluding diaryl/α,β-unsaturated/α-hetero) is 1. The van der Waals surface area contributed by atoms with Crippen molar-refractivity contribution in [1.82, 2.24) is 9.61 Å². The first-order valence-electron chi connectivity index (χ1n) is 8.21. The van der Waals surface area contributed by atoms with Gasteiger partial charge in [-0.2, -0.15) is 5.10 Å². The van der Waals surface area contributed by atoms with Crippen LogP contribution in [-0.2, 0) is 14.8 Å². The van der Waals surface area contributed by atoms with Crippen LogP contribution in [0.5, 0.6) is 0 Å². The van der Waals surface area contributed by atoms with Crippen LogP contribution in [-0.4, -0.2) is 29.6 Å². The minimum absolute atomic E-state index is 0.111. The molecular formula is C17H21N3O3S. The number of hydrogen-bond donors (Lipinski definition) is 1. The summed E-state index contributed by atoms with van der Waals surface area (Å²) in [4.78, 5) is 12.5. The first-order chi connectivity index (χ1) is 11.2. The van der Waals surface area contributed by atoms with E-state index in [1.165, 1.54) is 0 Å². The van der Waals surface area contributed by atoms with Crippen LogP contribution in [0, 0.1) is 16.7 Å². The molecule has 1 N–H and O–H groups in total. The summed E-state index contributed by atoms with van der Waals surface area (Å²) in [5.74, 6) is 0.288. The third kappa shape index (κ3) is 2.10. The molecule has 7 heteroatoms. The molecule has 0 radical (unpaired) electrons. The zero-order valence-electron chi connectivity index (χ0n) is 13.8. The van der Waals surface area contributed by atoms with Crippen LogP contribution >= 0.6 is 0 Å². The highest BCUT2D eigenvalue weighted by molar-refractivity contribution is 7.92. The van der Waals surface area contributed by atoms with E-state index in [2.05, 4.69) is 9.82 Å². The summed E-state index contributed by atoms with van der Waals surface area (Å²) in [5.41, 5.74) is 0.308. The van der Waals surface area contributed by atoms with E-state index in [1.54, 1.807) is 29.0 Å². The topological polar surface area (TPSA) is 80.5 Å². The smallest absolute Gasteiger partial charge is 0.233 e. The maximum Gasteiger partial charge on any atom is 0.233 e. The minimum Gasteiger partial charge on any atom is -0.299 e. The second-order valence-electron chi connectivity index (χ2n) is 7.64. The molecule has 2 unspecified atom stereocenters.